The molecule has 226 valence electrons. The molecule has 0 fully saturated rings. The zero-order chi connectivity index (χ0) is 31.4. The molecule has 0 aliphatic rings. The van der Waals surface area contributed by atoms with Crippen LogP contribution in [0.15, 0.2) is 137 Å². The Hall–Kier alpha value is -5.34. The summed E-state index contributed by atoms with van der Waals surface area (Å²) in [5.74, 6) is -0.663. The van der Waals surface area contributed by atoms with Gasteiger partial charge in [-0.2, -0.15) is 0 Å². The Morgan fingerprint density at radius 3 is 2.18 bits per heavy atom. The average molecular weight is 617 g/mol. The summed E-state index contributed by atoms with van der Waals surface area (Å²) in [7, 11) is -2.62. The van der Waals surface area contributed by atoms with Crippen LogP contribution in [0.1, 0.15) is 44.3 Å². The Morgan fingerprint density at radius 2 is 1.47 bits per heavy atom. The number of aryl methyl sites for hydroxylation is 1. The highest BCUT2D eigenvalue weighted by molar-refractivity contribution is 7.92. The predicted octanol–water partition coefficient (Wildman–Crippen LogP) is 8.12. The first-order valence-corrected chi connectivity index (χ1v) is 16.0. The van der Waals surface area contributed by atoms with E-state index in [4.69, 9.17) is 9.15 Å². The van der Waals surface area contributed by atoms with Crippen LogP contribution in [0.4, 0.5) is 11.4 Å². The van der Waals surface area contributed by atoms with Gasteiger partial charge in [-0.3, -0.25) is 4.72 Å². The van der Waals surface area contributed by atoms with Crippen LogP contribution in [-0.2, 0) is 21.3 Å². The van der Waals surface area contributed by atoms with Crippen LogP contribution in [0.5, 0.6) is 0 Å². The van der Waals surface area contributed by atoms with Gasteiger partial charge in [0, 0.05) is 17.6 Å². The number of benzene rings is 5. The first-order chi connectivity index (χ1) is 21.8. The molecular weight excluding hydrogens is 584 g/mol. The van der Waals surface area contributed by atoms with E-state index in [1.165, 1.54) is 7.11 Å². The molecule has 0 saturated heterocycles. The van der Waals surface area contributed by atoms with Gasteiger partial charge in [-0.1, -0.05) is 96.6 Å². The van der Waals surface area contributed by atoms with Crippen molar-refractivity contribution in [2.24, 2.45) is 0 Å². The molecule has 0 radical (unpaired) electrons. The quantitative estimate of drug-likeness (QED) is 0.151. The molecule has 5 aromatic carbocycles. The monoisotopic (exact) mass is 616 g/mol. The molecule has 2 N–H and O–H groups in total. The molecule has 0 amide bonds. The number of hydrogen-bond acceptors (Lipinski definition) is 6. The zero-order valence-corrected chi connectivity index (χ0v) is 25.7. The lowest BCUT2D eigenvalue weighted by Crippen LogP contribution is -2.15. The highest BCUT2D eigenvalue weighted by atomic mass is 32.2. The largest absolute Gasteiger partial charge is 0.465 e. The van der Waals surface area contributed by atoms with E-state index in [0.717, 1.165) is 22.3 Å². The summed E-state index contributed by atoms with van der Waals surface area (Å²) >= 11 is 0. The molecule has 1 heterocycles. The number of carbonyl (C=O) groups is 1. The van der Waals surface area contributed by atoms with E-state index in [9.17, 15) is 13.2 Å². The van der Waals surface area contributed by atoms with Gasteiger partial charge < -0.3 is 14.5 Å². The number of anilines is 2. The van der Waals surface area contributed by atoms with Gasteiger partial charge in [0.1, 0.15) is 11.3 Å². The van der Waals surface area contributed by atoms with Crippen molar-refractivity contribution in [3.63, 3.8) is 0 Å². The van der Waals surface area contributed by atoms with Crippen molar-refractivity contribution in [2.75, 3.05) is 17.1 Å². The summed E-state index contributed by atoms with van der Waals surface area (Å²) in [5.41, 5.74) is 5.43. The second-order valence-corrected chi connectivity index (χ2v) is 12.4. The van der Waals surface area contributed by atoms with Crippen molar-refractivity contribution in [1.82, 2.24) is 0 Å². The molecule has 6 aromatic rings. The zero-order valence-electron chi connectivity index (χ0n) is 24.9. The van der Waals surface area contributed by atoms with E-state index >= 15 is 0 Å². The van der Waals surface area contributed by atoms with Gasteiger partial charge in [0.25, 0.3) is 10.0 Å². The summed E-state index contributed by atoms with van der Waals surface area (Å²) in [6, 6.07) is 39.1. The van der Waals surface area contributed by atoms with Crippen LogP contribution >= 0.6 is 0 Å². The van der Waals surface area contributed by atoms with Gasteiger partial charge in [-0.25, -0.2) is 13.2 Å². The van der Waals surface area contributed by atoms with Crippen molar-refractivity contribution in [3.05, 3.63) is 161 Å². The number of methoxy groups -OCH3 is 1. The summed E-state index contributed by atoms with van der Waals surface area (Å²) in [4.78, 5) is 13.2. The number of ether oxygens (including phenoxy) is 1. The standard InChI is InChI=1S/C37H32N2O5S/c1-25-17-20-29(21-18-25)45(41,42)39-35-30-15-9-10-16-33(30)44-36(35)34(27-13-7-4-8-14-27)28-19-22-32(31(23-28)37(40)43-2)38-24-26-11-5-3-6-12-26/h3-23,34,38-39H,24H2,1-2H3/t34-/m1/s1. The van der Waals surface area contributed by atoms with E-state index in [1.807, 2.05) is 97.9 Å². The fourth-order valence-electron chi connectivity index (χ4n) is 5.39. The second kappa shape index (κ2) is 12.7. The molecule has 0 aliphatic heterocycles. The van der Waals surface area contributed by atoms with Gasteiger partial charge in [-0.15, -0.1) is 0 Å². The van der Waals surface area contributed by atoms with Crippen LogP contribution in [0, 0.1) is 6.92 Å². The number of carbonyl (C=O) groups excluding carboxylic acids is 1. The van der Waals surface area contributed by atoms with E-state index in [1.54, 1.807) is 36.4 Å². The van der Waals surface area contributed by atoms with Crippen molar-refractivity contribution in [3.8, 4) is 0 Å². The first-order valence-electron chi connectivity index (χ1n) is 14.5. The van der Waals surface area contributed by atoms with Gasteiger partial charge in [0.05, 0.1) is 29.2 Å². The molecular formula is C37H32N2O5S. The van der Waals surface area contributed by atoms with Crippen LogP contribution in [0.3, 0.4) is 0 Å². The molecule has 7 nitrogen and oxygen atoms in total. The molecule has 0 bridgehead atoms. The Bertz CT molecular complexity index is 2060. The second-order valence-electron chi connectivity index (χ2n) is 10.7. The van der Waals surface area contributed by atoms with Crippen molar-refractivity contribution < 1.29 is 22.4 Å². The first kappa shape index (κ1) is 29.7. The number of rotatable bonds is 10. The van der Waals surface area contributed by atoms with E-state index in [-0.39, 0.29) is 4.90 Å². The number of para-hydroxylation sites is 1. The van der Waals surface area contributed by atoms with Crippen molar-refractivity contribution in [2.45, 2.75) is 24.3 Å². The number of nitrogens with one attached hydrogen (secondary N) is 2. The van der Waals surface area contributed by atoms with E-state index in [0.29, 0.717) is 40.2 Å². The van der Waals surface area contributed by atoms with Crippen molar-refractivity contribution >= 4 is 38.3 Å². The Labute approximate surface area is 262 Å². The van der Waals surface area contributed by atoms with Crippen LogP contribution < -0.4 is 10.0 Å². The maximum absolute atomic E-state index is 13.7. The van der Waals surface area contributed by atoms with Crippen LogP contribution in [0.25, 0.3) is 11.0 Å². The lowest BCUT2D eigenvalue weighted by molar-refractivity contribution is 0.0601. The minimum atomic E-state index is -3.97. The van der Waals surface area contributed by atoms with Gasteiger partial charge in [0.2, 0.25) is 0 Å². The molecule has 6 rings (SSSR count). The summed E-state index contributed by atoms with van der Waals surface area (Å²) in [6.45, 7) is 2.42. The fourth-order valence-corrected chi connectivity index (χ4v) is 6.48. The molecule has 45 heavy (non-hydrogen) atoms. The third kappa shape index (κ3) is 6.32. The Balaban J connectivity index is 1.49. The lowest BCUT2D eigenvalue weighted by Gasteiger charge is -2.20. The third-order valence-corrected chi connectivity index (χ3v) is 9.06. The van der Waals surface area contributed by atoms with Gasteiger partial charge in [-0.05, 0) is 60.0 Å². The topological polar surface area (TPSA) is 97.6 Å². The normalized spacial score (nSPS) is 12.0. The van der Waals surface area contributed by atoms with Crippen LogP contribution in [0.2, 0.25) is 0 Å². The molecule has 1 atom stereocenters. The SMILES string of the molecule is COC(=O)c1cc([C@@H](c2ccccc2)c2oc3ccccc3c2NS(=O)(=O)c2ccc(C)cc2)ccc1NCc1ccccc1. The predicted molar refractivity (Wildman–Crippen MR) is 177 cm³/mol. The summed E-state index contributed by atoms with van der Waals surface area (Å²) in [5, 5.41) is 3.98. The molecule has 0 aliphatic carbocycles. The highest BCUT2D eigenvalue weighted by Crippen LogP contribution is 2.43. The lowest BCUT2D eigenvalue weighted by atomic mass is 9.87. The molecule has 0 unspecified atom stereocenters. The smallest absolute Gasteiger partial charge is 0.339 e. The van der Waals surface area contributed by atoms with Crippen molar-refractivity contribution in [1.29, 1.82) is 0 Å². The average Bonchev–Trinajstić information content (AvgIpc) is 3.41. The summed E-state index contributed by atoms with van der Waals surface area (Å²) in [6.07, 6.45) is 0. The van der Waals surface area contributed by atoms with Gasteiger partial charge >= 0.3 is 5.97 Å². The number of sulfonamides is 1. The highest BCUT2D eigenvalue weighted by Gasteiger charge is 2.30. The van der Waals surface area contributed by atoms with Gasteiger partial charge in [0.15, 0.2) is 0 Å². The number of esters is 1. The van der Waals surface area contributed by atoms with Crippen LogP contribution in [-0.4, -0.2) is 21.5 Å². The molecule has 1 aromatic heterocycles. The molecule has 0 saturated carbocycles. The number of hydrogen-bond donors (Lipinski definition) is 2. The molecule has 8 heteroatoms. The Kier molecular flexibility index (Phi) is 8.40. The minimum Gasteiger partial charge on any atom is -0.465 e. The maximum atomic E-state index is 13.7. The number of furan rings is 1. The minimum absolute atomic E-state index is 0.141. The number of fused-ring (bicyclic) bond motifs is 1. The third-order valence-electron chi connectivity index (χ3n) is 7.69. The maximum Gasteiger partial charge on any atom is 0.339 e. The molecule has 0 spiro atoms. The van der Waals surface area contributed by atoms with E-state index < -0.39 is 21.9 Å². The fraction of sp³-hybridized carbons (Fsp3) is 0.108. The van der Waals surface area contributed by atoms with E-state index in [2.05, 4.69) is 10.0 Å². The summed E-state index contributed by atoms with van der Waals surface area (Å²) < 4.78 is 41.9. The Morgan fingerprint density at radius 1 is 0.800 bits per heavy atom.